The third-order valence-electron chi connectivity index (χ3n) is 4.69. The van der Waals surface area contributed by atoms with E-state index >= 15 is 0 Å². The van der Waals surface area contributed by atoms with Crippen molar-refractivity contribution in [2.24, 2.45) is 5.92 Å². The largest absolute Gasteiger partial charge is 0.497 e. The zero-order valence-corrected chi connectivity index (χ0v) is 18.5. The molecule has 0 heterocycles. The first-order chi connectivity index (χ1) is 14.4. The summed E-state index contributed by atoms with van der Waals surface area (Å²) in [5.74, 6) is 2.58. The molecule has 0 bridgehead atoms. The second-order valence-electron chi connectivity index (χ2n) is 7.22. The molecule has 1 atom stereocenters. The second-order valence-corrected chi connectivity index (χ2v) is 7.22. The van der Waals surface area contributed by atoms with E-state index in [2.05, 4.69) is 19.2 Å². The summed E-state index contributed by atoms with van der Waals surface area (Å²) in [4.78, 5) is 12.7. The highest BCUT2D eigenvalue weighted by molar-refractivity contribution is 5.92. The van der Waals surface area contributed by atoms with Crippen molar-refractivity contribution in [2.75, 3.05) is 28.4 Å². The molecule has 162 valence electrons. The van der Waals surface area contributed by atoms with Crippen molar-refractivity contribution >= 4 is 12.0 Å². The van der Waals surface area contributed by atoms with Crippen LogP contribution in [0.3, 0.4) is 0 Å². The highest BCUT2D eigenvalue weighted by Crippen LogP contribution is 2.40. The van der Waals surface area contributed by atoms with Gasteiger partial charge in [-0.2, -0.15) is 0 Å². The first-order valence-electron chi connectivity index (χ1n) is 9.84. The van der Waals surface area contributed by atoms with Gasteiger partial charge in [0.15, 0.2) is 11.5 Å². The van der Waals surface area contributed by atoms with E-state index in [9.17, 15) is 4.79 Å². The number of amides is 1. The van der Waals surface area contributed by atoms with Gasteiger partial charge in [-0.15, -0.1) is 0 Å². The van der Waals surface area contributed by atoms with E-state index in [0.29, 0.717) is 23.2 Å². The third kappa shape index (κ3) is 5.92. The Labute approximate surface area is 178 Å². The van der Waals surface area contributed by atoms with Crippen molar-refractivity contribution < 1.29 is 23.7 Å². The average molecular weight is 414 g/mol. The van der Waals surface area contributed by atoms with Gasteiger partial charge in [0.2, 0.25) is 11.7 Å². The molecule has 0 aliphatic carbocycles. The van der Waals surface area contributed by atoms with Crippen LogP contribution in [0.1, 0.15) is 37.4 Å². The van der Waals surface area contributed by atoms with Crippen molar-refractivity contribution in [1.82, 2.24) is 5.32 Å². The average Bonchev–Trinajstić information content (AvgIpc) is 2.76. The summed E-state index contributed by atoms with van der Waals surface area (Å²) in [6.07, 6.45) is 4.03. The molecule has 0 aliphatic rings. The molecule has 0 saturated carbocycles. The van der Waals surface area contributed by atoms with E-state index in [4.69, 9.17) is 18.9 Å². The fraction of sp³-hybridized carbons (Fsp3) is 0.375. The molecule has 30 heavy (non-hydrogen) atoms. The predicted octanol–water partition coefficient (Wildman–Crippen LogP) is 4.64. The van der Waals surface area contributed by atoms with Crippen molar-refractivity contribution in [3.05, 3.63) is 53.6 Å². The molecule has 6 nitrogen and oxygen atoms in total. The maximum Gasteiger partial charge on any atom is 0.244 e. The van der Waals surface area contributed by atoms with Crippen LogP contribution in [0.4, 0.5) is 0 Å². The van der Waals surface area contributed by atoms with Gasteiger partial charge in [0.05, 0.1) is 34.5 Å². The first-order valence-corrected chi connectivity index (χ1v) is 9.84. The molecule has 0 saturated heterocycles. The summed E-state index contributed by atoms with van der Waals surface area (Å²) < 4.78 is 21.4. The van der Waals surface area contributed by atoms with E-state index in [1.165, 1.54) is 6.08 Å². The van der Waals surface area contributed by atoms with Gasteiger partial charge in [-0.05, 0) is 48.2 Å². The Morgan fingerprint density at radius 2 is 1.57 bits per heavy atom. The number of methoxy groups -OCH3 is 4. The predicted molar refractivity (Wildman–Crippen MR) is 118 cm³/mol. The fourth-order valence-electron chi connectivity index (χ4n) is 3.23. The van der Waals surface area contributed by atoms with Crippen molar-refractivity contribution in [3.8, 4) is 23.0 Å². The molecule has 0 unspecified atom stereocenters. The van der Waals surface area contributed by atoms with E-state index < -0.39 is 0 Å². The maximum absolute atomic E-state index is 12.7. The molecule has 6 heteroatoms. The fourth-order valence-corrected chi connectivity index (χ4v) is 3.23. The molecule has 0 fully saturated rings. The van der Waals surface area contributed by atoms with Crippen LogP contribution in [0.25, 0.3) is 6.08 Å². The van der Waals surface area contributed by atoms with Gasteiger partial charge in [-0.1, -0.05) is 26.0 Å². The number of ether oxygens (including phenoxy) is 4. The summed E-state index contributed by atoms with van der Waals surface area (Å²) in [5.41, 5.74) is 1.75. The van der Waals surface area contributed by atoms with Gasteiger partial charge in [0.25, 0.3) is 0 Å². The minimum Gasteiger partial charge on any atom is -0.497 e. The van der Waals surface area contributed by atoms with Gasteiger partial charge >= 0.3 is 0 Å². The number of hydrogen-bond donors (Lipinski definition) is 1. The van der Waals surface area contributed by atoms with Crippen molar-refractivity contribution in [1.29, 1.82) is 0 Å². The SMILES string of the molecule is COc1ccc([C@@H](CC(C)C)NC(=O)/C=C/c2ccc(OC)c(OC)c2OC)cc1. The van der Waals surface area contributed by atoms with Crippen LogP contribution in [0.5, 0.6) is 23.0 Å². The Morgan fingerprint density at radius 1 is 0.900 bits per heavy atom. The highest BCUT2D eigenvalue weighted by Gasteiger charge is 2.17. The minimum absolute atomic E-state index is 0.0969. The Kier molecular flexibility index (Phi) is 8.59. The van der Waals surface area contributed by atoms with Crippen LogP contribution in [-0.4, -0.2) is 34.3 Å². The lowest BCUT2D eigenvalue weighted by atomic mass is 9.97. The van der Waals surface area contributed by atoms with Gasteiger partial charge < -0.3 is 24.3 Å². The molecule has 0 aliphatic heterocycles. The van der Waals surface area contributed by atoms with Crippen LogP contribution in [0.15, 0.2) is 42.5 Å². The zero-order valence-electron chi connectivity index (χ0n) is 18.5. The number of carbonyl (C=O) groups excluding carboxylic acids is 1. The lowest BCUT2D eigenvalue weighted by Crippen LogP contribution is -2.28. The van der Waals surface area contributed by atoms with Crippen LogP contribution >= 0.6 is 0 Å². The van der Waals surface area contributed by atoms with Gasteiger partial charge in [0.1, 0.15) is 5.75 Å². The number of nitrogens with one attached hydrogen (secondary N) is 1. The van der Waals surface area contributed by atoms with E-state index in [1.807, 2.05) is 30.3 Å². The van der Waals surface area contributed by atoms with Crippen LogP contribution in [-0.2, 0) is 4.79 Å². The Morgan fingerprint density at radius 3 is 2.10 bits per heavy atom. The molecule has 2 rings (SSSR count). The summed E-state index contributed by atoms with van der Waals surface area (Å²) in [5, 5.41) is 3.10. The van der Waals surface area contributed by atoms with Gasteiger partial charge in [-0.3, -0.25) is 4.79 Å². The monoisotopic (exact) mass is 413 g/mol. The number of hydrogen-bond acceptors (Lipinski definition) is 5. The molecule has 2 aromatic rings. The molecule has 0 radical (unpaired) electrons. The first kappa shape index (κ1) is 23.1. The van der Waals surface area contributed by atoms with Crippen molar-refractivity contribution in [3.63, 3.8) is 0 Å². The highest BCUT2D eigenvalue weighted by atomic mass is 16.5. The molecule has 0 aromatic heterocycles. The lowest BCUT2D eigenvalue weighted by Gasteiger charge is -2.21. The van der Waals surface area contributed by atoms with E-state index in [1.54, 1.807) is 40.6 Å². The molecule has 0 spiro atoms. The Bertz CT molecular complexity index is 859. The summed E-state index contributed by atoms with van der Waals surface area (Å²) >= 11 is 0. The number of benzene rings is 2. The summed E-state index contributed by atoms with van der Waals surface area (Å²) in [7, 11) is 6.30. The number of carbonyl (C=O) groups is 1. The maximum atomic E-state index is 12.7. The third-order valence-corrected chi connectivity index (χ3v) is 4.69. The standard InChI is InChI=1S/C24H31NO5/c1-16(2)15-20(17-7-11-19(27-3)12-8-17)25-22(26)14-10-18-9-13-21(28-4)24(30-6)23(18)29-5/h7-14,16,20H,15H2,1-6H3,(H,25,26)/b14-10+/t20-/m1/s1. The normalized spacial score (nSPS) is 12.0. The molecule has 1 N–H and O–H groups in total. The zero-order chi connectivity index (χ0) is 22.1. The molecular weight excluding hydrogens is 382 g/mol. The van der Waals surface area contributed by atoms with Gasteiger partial charge in [-0.25, -0.2) is 0 Å². The molecule has 1 amide bonds. The van der Waals surface area contributed by atoms with Crippen LogP contribution in [0, 0.1) is 5.92 Å². The van der Waals surface area contributed by atoms with Crippen LogP contribution < -0.4 is 24.3 Å². The summed E-state index contributed by atoms with van der Waals surface area (Å²) in [6, 6.07) is 11.3. The van der Waals surface area contributed by atoms with E-state index in [-0.39, 0.29) is 11.9 Å². The van der Waals surface area contributed by atoms with Gasteiger partial charge in [0, 0.05) is 11.6 Å². The molecule has 2 aromatic carbocycles. The van der Waals surface area contributed by atoms with Crippen LogP contribution in [0.2, 0.25) is 0 Å². The quantitative estimate of drug-likeness (QED) is 0.575. The molecular formula is C24H31NO5. The number of rotatable bonds is 10. The topological polar surface area (TPSA) is 66.0 Å². The Hall–Kier alpha value is -3.15. The lowest BCUT2D eigenvalue weighted by molar-refractivity contribution is -0.117. The summed E-state index contributed by atoms with van der Waals surface area (Å²) in [6.45, 7) is 4.26. The smallest absolute Gasteiger partial charge is 0.244 e. The second kappa shape index (κ2) is 11.1. The van der Waals surface area contributed by atoms with Crippen molar-refractivity contribution in [2.45, 2.75) is 26.3 Å². The minimum atomic E-state index is -0.187. The van der Waals surface area contributed by atoms with E-state index in [0.717, 1.165) is 23.3 Å². The Balaban J connectivity index is 2.21.